The van der Waals surface area contributed by atoms with Crippen LogP contribution in [0, 0.1) is 0 Å². The molecule has 10 heteroatoms. The molecule has 0 amide bonds. The first-order valence-electron chi connectivity index (χ1n) is 8.56. The lowest BCUT2D eigenvalue weighted by molar-refractivity contribution is 0.555. The van der Waals surface area contributed by atoms with Crippen LogP contribution in [0.1, 0.15) is 59.0 Å². The van der Waals surface area contributed by atoms with Crippen LogP contribution >= 0.6 is 23.1 Å². The van der Waals surface area contributed by atoms with E-state index < -0.39 is 0 Å². The zero-order valence-electron chi connectivity index (χ0n) is 16.2. The molecule has 3 heterocycles. The molecule has 0 aromatic carbocycles. The molecule has 0 atom stereocenters. The monoisotopic (exact) mass is 392 g/mol. The largest absolute Gasteiger partial charge is 0.312 e. The summed E-state index contributed by atoms with van der Waals surface area (Å²) in [5.74, 6) is 2.21. The van der Waals surface area contributed by atoms with Crippen LogP contribution < -0.4 is 0 Å². The molecule has 0 spiro atoms. The van der Waals surface area contributed by atoms with Gasteiger partial charge in [0.05, 0.1) is 5.69 Å². The molecule has 0 aliphatic carbocycles. The molecule has 3 rings (SSSR count). The summed E-state index contributed by atoms with van der Waals surface area (Å²) in [5.41, 5.74) is 2.27. The minimum absolute atomic E-state index is 0.176. The summed E-state index contributed by atoms with van der Waals surface area (Å²) in [6.07, 6.45) is 0. The Hall–Kier alpha value is -1.81. The number of rotatable bonds is 5. The van der Waals surface area contributed by atoms with E-state index in [0.717, 1.165) is 32.9 Å². The van der Waals surface area contributed by atoms with Crippen molar-refractivity contribution in [1.82, 2.24) is 29.6 Å². The highest BCUT2D eigenvalue weighted by Crippen LogP contribution is 2.36. The fourth-order valence-electron chi connectivity index (χ4n) is 2.64. The van der Waals surface area contributed by atoms with Gasteiger partial charge in [-0.05, 0) is 5.75 Å². The number of aryl methyl sites for hydroxylation is 1. The smallest absolute Gasteiger partial charge is 0.252 e. The van der Waals surface area contributed by atoms with Crippen LogP contribution in [0.15, 0.2) is 14.6 Å². The Morgan fingerprint density at radius 1 is 1.15 bits per heavy atom. The molecule has 140 valence electrons. The van der Waals surface area contributed by atoms with Gasteiger partial charge in [0.15, 0.2) is 15.7 Å². The van der Waals surface area contributed by atoms with E-state index in [4.69, 9.17) is 0 Å². The van der Waals surface area contributed by atoms with Crippen LogP contribution in [0.3, 0.4) is 0 Å². The van der Waals surface area contributed by atoms with Crippen LogP contribution in [-0.4, -0.2) is 35.3 Å². The van der Waals surface area contributed by atoms with Crippen molar-refractivity contribution < 1.29 is 0 Å². The van der Waals surface area contributed by atoms with Gasteiger partial charge in [0.1, 0.15) is 5.82 Å². The third-order valence-corrected chi connectivity index (χ3v) is 5.63. The molecule has 0 N–H and O–H groups in total. The van der Waals surface area contributed by atoms with E-state index in [1.54, 1.807) is 16.4 Å². The van der Waals surface area contributed by atoms with Crippen molar-refractivity contribution in [3.05, 3.63) is 11.5 Å². The fourth-order valence-corrected chi connectivity index (χ4v) is 4.20. The normalized spacial score (nSPS) is 12.9. The van der Waals surface area contributed by atoms with E-state index in [2.05, 4.69) is 72.2 Å². The molecule has 0 aliphatic rings. The zero-order valence-corrected chi connectivity index (χ0v) is 17.8. The van der Waals surface area contributed by atoms with Crippen molar-refractivity contribution in [2.75, 3.05) is 5.75 Å². The number of azo groups is 1. The van der Waals surface area contributed by atoms with Crippen LogP contribution in [0.5, 0.6) is 0 Å². The average Bonchev–Trinajstić information content (AvgIpc) is 3.20. The molecule has 0 fully saturated rings. The first-order valence-corrected chi connectivity index (χ1v) is 10.4. The van der Waals surface area contributed by atoms with E-state index >= 15 is 0 Å². The van der Waals surface area contributed by atoms with Crippen molar-refractivity contribution >= 4 is 39.6 Å². The highest BCUT2D eigenvalue weighted by molar-refractivity contribution is 8.01. The minimum Gasteiger partial charge on any atom is -0.312 e. The van der Waals surface area contributed by atoms with Gasteiger partial charge in [0.2, 0.25) is 0 Å². The maximum atomic E-state index is 4.69. The van der Waals surface area contributed by atoms with Crippen molar-refractivity contribution in [2.45, 2.75) is 57.2 Å². The molecular formula is C16H24N8S2. The van der Waals surface area contributed by atoms with Gasteiger partial charge in [0, 0.05) is 18.4 Å². The third kappa shape index (κ3) is 3.52. The highest BCUT2D eigenvalue weighted by atomic mass is 32.2. The zero-order chi connectivity index (χ0) is 19.1. The van der Waals surface area contributed by atoms with Gasteiger partial charge in [0.25, 0.3) is 5.13 Å². The minimum atomic E-state index is -0.176. The Kier molecular flexibility index (Phi) is 5.16. The Bertz CT molecular complexity index is 942. The van der Waals surface area contributed by atoms with Crippen LogP contribution in [0.4, 0.5) is 10.8 Å². The quantitative estimate of drug-likeness (QED) is 0.457. The molecule has 0 aliphatic heterocycles. The van der Waals surface area contributed by atoms with Crippen LogP contribution in [-0.2, 0) is 12.5 Å². The number of hydrogen-bond donors (Lipinski definition) is 0. The second-order valence-electron chi connectivity index (χ2n) is 7.32. The van der Waals surface area contributed by atoms with Crippen molar-refractivity contribution in [3.63, 3.8) is 0 Å². The summed E-state index contributed by atoms with van der Waals surface area (Å²) in [4.78, 5) is 0. The summed E-state index contributed by atoms with van der Waals surface area (Å²) < 4.78 is 4.61. The van der Waals surface area contributed by atoms with Crippen molar-refractivity contribution in [1.29, 1.82) is 0 Å². The van der Waals surface area contributed by atoms with Crippen LogP contribution in [0.25, 0.3) is 5.65 Å². The Morgan fingerprint density at radius 3 is 2.50 bits per heavy atom. The molecule has 0 bridgehead atoms. The number of hydrogen-bond acceptors (Lipinski definition) is 8. The van der Waals surface area contributed by atoms with Crippen LogP contribution in [0.2, 0.25) is 0 Å². The van der Waals surface area contributed by atoms with E-state index in [1.807, 2.05) is 11.6 Å². The number of fused-ring (bicyclic) bond motifs is 1. The topological polar surface area (TPSA) is 85.6 Å². The molecular weight excluding hydrogens is 368 g/mol. The molecule has 8 nitrogen and oxygen atoms in total. The molecule has 0 saturated heterocycles. The van der Waals surface area contributed by atoms with Gasteiger partial charge in [-0.2, -0.15) is 5.10 Å². The maximum absolute atomic E-state index is 4.69. The van der Waals surface area contributed by atoms with Crippen molar-refractivity contribution in [3.8, 4) is 0 Å². The number of nitrogens with zero attached hydrogens (tertiary/aromatic N) is 8. The Balaban J connectivity index is 2.10. The van der Waals surface area contributed by atoms with Gasteiger partial charge < -0.3 is 4.57 Å². The average molecular weight is 393 g/mol. The molecule has 0 unspecified atom stereocenters. The first-order chi connectivity index (χ1) is 12.2. The summed E-state index contributed by atoms with van der Waals surface area (Å²) in [6, 6.07) is 0. The lowest BCUT2D eigenvalue weighted by atomic mass is 9.91. The fraction of sp³-hybridized carbons (Fsp3) is 0.625. The highest BCUT2D eigenvalue weighted by Gasteiger charge is 2.28. The summed E-state index contributed by atoms with van der Waals surface area (Å²) in [5, 5.41) is 26.9. The van der Waals surface area contributed by atoms with Crippen molar-refractivity contribution in [2.24, 2.45) is 17.3 Å². The second-order valence-corrected chi connectivity index (χ2v) is 9.78. The third-order valence-electron chi connectivity index (χ3n) is 3.80. The second kappa shape index (κ2) is 7.07. The van der Waals surface area contributed by atoms with Gasteiger partial charge in [-0.25, -0.2) is 0 Å². The predicted molar refractivity (Wildman–Crippen MR) is 105 cm³/mol. The summed E-state index contributed by atoms with van der Waals surface area (Å²) in [6.45, 7) is 12.6. The molecule has 3 aromatic heterocycles. The van der Waals surface area contributed by atoms with Gasteiger partial charge in [-0.15, -0.1) is 30.2 Å². The molecule has 0 saturated carbocycles. The molecule has 3 aromatic rings. The lowest BCUT2D eigenvalue weighted by Crippen LogP contribution is -2.13. The standard InChI is InChI=1S/C16H24N8S2/c1-8-25-15-20-19-14(26-15)18-17-10-11(16(4,5)6)21-24-13(10)23(7)12(22-24)9(2)3/h9H,8H2,1-7H3/b18-17+. The maximum Gasteiger partial charge on any atom is 0.252 e. The summed E-state index contributed by atoms with van der Waals surface area (Å²) in [7, 11) is 1.99. The first kappa shape index (κ1) is 19.0. The van der Waals surface area contributed by atoms with E-state index in [1.165, 1.54) is 11.3 Å². The van der Waals surface area contributed by atoms with E-state index in [0.29, 0.717) is 11.0 Å². The SMILES string of the molecule is CCSc1nnc(/N=N/c2c(C(C)(C)C)nn3nc(C(C)C)n(C)c23)s1. The van der Waals surface area contributed by atoms with Gasteiger partial charge >= 0.3 is 0 Å². The number of thioether (sulfide) groups is 1. The summed E-state index contributed by atoms with van der Waals surface area (Å²) >= 11 is 3.09. The van der Waals surface area contributed by atoms with E-state index in [9.17, 15) is 0 Å². The Labute approximate surface area is 161 Å². The van der Waals surface area contributed by atoms with E-state index in [-0.39, 0.29) is 5.41 Å². The van der Waals surface area contributed by atoms with Gasteiger partial charge in [-0.1, -0.05) is 64.6 Å². The predicted octanol–water partition coefficient (Wildman–Crippen LogP) is 4.87. The molecule has 26 heavy (non-hydrogen) atoms. The van der Waals surface area contributed by atoms with Gasteiger partial charge in [-0.3, -0.25) is 0 Å². The number of aromatic nitrogens is 6. The lowest BCUT2D eigenvalue weighted by Gasteiger charge is -2.15. The Morgan fingerprint density at radius 2 is 1.88 bits per heavy atom. The molecule has 0 radical (unpaired) electrons.